The second kappa shape index (κ2) is 3.42. The van der Waals surface area contributed by atoms with Crippen molar-refractivity contribution in [3.8, 4) is 0 Å². The lowest BCUT2D eigenvalue weighted by atomic mass is 10.1. The molecule has 0 saturated carbocycles. The van der Waals surface area contributed by atoms with E-state index < -0.39 is 0 Å². The Morgan fingerprint density at radius 3 is 3.07 bits per heavy atom. The Hall–Kier alpha value is -1.35. The molecule has 0 fully saturated rings. The Bertz CT molecular complexity index is 443. The summed E-state index contributed by atoms with van der Waals surface area (Å²) in [5.74, 6) is 0. The minimum Gasteiger partial charge on any atom is -0.335 e. The molecule has 1 atom stereocenters. The molecule has 3 heteroatoms. The minimum absolute atomic E-state index is 0.195. The van der Waals surface area contributed by atoms with Crippen LogP contribution in [0.5, 0.6) is 0 Å². The molecule has 3 nitrogen and oxygen atoms in total. The van der Waals surface area contributed by atoms with Gasteiger partial charge in [-0.25, -0.2) is 4.98 Å². The lowest BCUT2D eigenvalue weighted by molar-refractivity contribution is 0.738. The first-order chi connectivity index (χ1) is 6.68. The van der Waals surface area contributed by atoms with E-state index in [9.17, 15) is 0 Å². The number of rotatable bonds is 2. The number of nitrogens with zero attached hydrogens (tertiary/aromatic N) is 2. The average molecular weight is 189 g/mol. The number of fused-ring (bicyclic) bond motifs is 1. The van der Waals surface area contributed by atoms with Crippen molar-refractivity contribution < 1.29 is 0 Å². The SMILES string of the molecule is C[C@H](N)Cc1cn(C)c2ncccc12. The van der Waals surface area contributed by atoms with E-state index in [0.29, 0.717) is 0 Å². The van der Waals surface area contributed by atoms with Gasteiger partial charge in [-0.3, -0.25) is 0 Å². The van der Waals surface area contributed by atoms with Crippen molar-refractivity contribution >= 4 is 11.0 Å². The minimum atomic E-state index is 0.195. The number of nitrogens with two attached hydrogens (primary N) is 1. The molecule has 0 spiro atoms. The van der Waals surface area contributed by atoms with Crippen LogP contribution in [0.15, 0.2) is 24.5 Å². The van der Waals surface area contributed by atoms with Crippen LogP contribution in [0.3, 0.4) is 0 Å². The Morgan fingerprint density at radius 1 is 1.57 bits per heavy atom. The lowest BCUT2D eigenvalue weighted by Crippen LogP contribution is -2.17. The van der Waals surface area contributed by atoms with Crippen molar-refractivity contribution in [3.63, 3.8) is 0 Å². The molecule has 0 aliphatic carbocycles. The van der Waals surface area contributed by atoms with Crippen LogP contribution in [0.1, 0.15) is 12.5 Å². The summed E-state index contributed by atoms with van der Waals surface area (Å²) in [6.07, 6.45) is 4.84. The number of aromatic nitrogens is 2. The summed E-state index contributed by atoms with van der Waals surface area (Å²) >= 11 is 0. The van der Waals surface area contributed by atoms with Crippen LogP contribution in [-0.4, -0.2) is 15.6 Å². The summed E-state index contributed by atoms with van der Waals surface area (Å²) in [7, 11) is 2.01. The van der Waals surface area contributed by atoms with Gasteiger partial charge in [-0.15, -0.1) is 0 Å². The fraction of sp³-hybridized carbons (Fsp3) is 0.364. The van der Waals surface area contributed by atoms with E-state index in [-0.39, 0.29) is 6.04 Å². The summed E-state index contributed by atoms with van der Waals surface area (Å²) in [5.41, 5.74) is 8.11. The van der Waals surface area contributed by atoms with Gasteiger partial charge in [0.05, 0.1) is 0 Å². The Morgan fingerprint density at radius 2 is 2.36 bits per heavy atom. The molecule has 2 rings (SSSR count). The molecular formula is C11H15N3. The van der Waals surface area contributed by atoms with E-state index in [4.69, 9.17) is 5.73 Å². The average Bonchev–Trinajstić information content (AvgIpc) is 2.44. The third-order valence-corrected chi connectivity index (χ3v) is 2.36. The van der Waals surface area contributed by atoms with Gasteiger partial charge in [0.25, 0.3) is 0 Å². The Labute approximate surface area is 83.6 Å². The van der Waals surface area contributed by atoms with Gasteiger partial charge in [-0.1, -0.05) is 0 Å². The highest BCUT2D eigenvalue weighted by Gasteiger charge is 2.07. The molecule has 2 aromatic heterocycles. The predicted molar refractivity (Wildman–Crippen MR) is 58.1 cm³/mol. The maximum Gasteiger partial charge on any atom is 0.139 e. The van der Waals surface area contributed by atoms with Crippen LogP contribution in [0.4, 0.5) is 0 Å². The predicted octanol–water partition coefficient (Wildman–Crippen LogP) is 1.46. The molecule has 0 unspecified atom stereocenters. The van der Waals surface area contributed by atoms with Gasteiger partial charge in [-0.05, 0) is 31.0 Å². The molecule has 2 aromatic rings. The molecule has 0 aliphatic rings. The van der Waals surface area contributed by atoms with Gasteiger partial charge in [0.1, 0.15) is 5.65 Å². The largest absolute Gasteiger partial charge is 0.335 e. The second-order valence-electron chi connectivity index (χ2n) is 3.82. The van der Waals surface area contributed by atoms with Crippen LogP contribution in [-0.2, 0) is 13.5 Å². The Kier molecular flexibility index (Phi) is 2.25. The molecule has 0 radical (unpaired) electrons. The van der Waals surface area contributed by atoms with Gasteiger partial charge in [0, 0.05) is 30.9 Å². The zero-order valence-electron chi connectivity index (χ0n) is 8.57. The van der Waals surface area contributed by atoms with Crippen LogP contribution >= 0.6 is 0 Å². The molecule has 0 amide bonds. The summed E-state index contributed by atoms with van der Waals surface area (Å²) < 4.78 is 2.05. The summed E-state index contributed by atoms with van der Waals surface area (Å²) in [6, 6.07) is 4.26. The van der Waals surface area contributed by atoms with Crippen molar-refractivity contribution in [2.24, 2.45) is 12.8 Å². The number of pyridine rings is 1. The maximum atomic E-state index is 5.80. The van der Waals surface area contributed by atoms with Crippen LogP contribution in [0, 0.1) is 0 Å². The smallest absolute Gasteiger partial charge is 0.139 e. The third kappa shape index (κ3) is 1.51. The molecular weight excluding hydrogens is 174 g/mol. The van der Waals surface area contributed by atoms with E-state index in [0.717, 1.165) is 12.1 Å². The summed E-state index contributed by atoms with van der Waals surface area (Å²) in [4.78, 5) is 4.33. The number of hydrogen-bond acceptors (Lipinski definition) is 2. The van der Waals surface area contributed by atoms with E-state index in [1.807, 2.05) is 30.8 Å². The lowest BCUT2D eigenvalue weighted by Gasteiger charge is -2.01. The normalized spacial score (nSPS) is 13.4. The van der Waals surface area contributed by atoms with Crippen molar-refractivity contribution in [2.45, 2.75) is 19.4 Å². The number of aryl methyl sites for hydroxylation is 1. The monoisotopic (exact) mass is 189 g/mol. The quantitative estimate of drug-likeness (QED) is 0.777. The highest BCUT2D eigenvalue weighted by atomic mass is 15.0. The molecule has 0 aromatic carbocycles. The van der Waals surface area contributed by atoms with E-state index in [2.05, 4.69) is 17.2 Å². The molecule has 14 heavy (non-hydrogen) atoms. The highest BCUT2D eigenvalue weighted by molar-refractivity contribution is 5.80. The third-order valence-electron chi connectivity index (χ3n) is 2.36. The molecule has 0 saturated heterocycles. The van der Waals surface area contributed by atoms with Gasteiger partial charge in [0.2, 0.25) is 0 Å². The molecule has 74 valence electrons. The molecule has 0 aliphatic heterocycles. The molecule has 0 bridgehead atoms. The van der Waals surface area contributed by atoms with Crippen LogP contribution in [0.2, 0.25) is 0 Å². The zero-order chi connectivity index (χ0) is 10.1. The van der Waals surface area contributed by atoms with Crippen LogP contribution in [0.25, 0.3) is 11.0 Å². The summed E-state index contributed by atoms with van der Waals surface area (Å²) in [6.45, 7) is 2.02. The topological polar surface area (TPSA) is 43.8 Å². The maximum absolute atomic E-state index is 5.80. The zero-order valence-corrected chi connectivity index (χ0v) is 8.57. The van der Waals surface area contributed by atoms with Gasteiger partial charge in [-0.2, -0.15) is 0 Å². The van der Waals surface area contributed by atoms with E-state index in [1.54, 1.807) is 0 Å². The van der Waals surface area contributed by atoms with Gasteiger partial charge < -0.3 is 10.3 Å². The van der Waals surface area contributed by atoms with Crippen molar-refractivity contribution in [3.05, 3.63) is 30.1 Å². The van der Waals surface area contributed by atoms with Gasteiger partial charge >= 0.3 is 0 Å². The number of hydrogen-bond donors (Lipinski definition) is 1. The highest BCUT2D eigenvalue weighted by Crippen LogP contribution is 2.18. The Balaban J connectivity index is 2.55. The first-order valence-electron chi connectivity index (χ1n) is 4.83. The molecule has 2 N–H and O–H groups in total. The van der Waals surface area contributed by atoms with Crippen molar-refractivity contribution in [1.82, 2.24) is 9.55 Å². The van der Waals surface area contributed by atoms with Gasteiger partial charge in [0.15, 0.2) is 0 Å². The first kappa shape index (κ1) is 9.21. The summed E-state index contributed by atoms with van der Waals surface area (Å²) in [5, 5.41) is 1.22. The van der Waals surface area contributed by atoms with E-state index >= 15 is 0 Å². The van der Waals surface area contributed by atoms with Crippen molar-refractivity contribution in [2.75, 3.05) is 0 Å². The van der Waals surface area contributed by atoms with Crippen LogP contribution < -0.4 is 5.73 Å². The fourth-order valence-corrected chi connectivity index (χ4v) is 1.80. The molecule has 2 heterocycles. The van der Waals surface area contributed by atoms with Crippen molar-refractivity contribution in [1.29, 1.82) is 0 Å². The first-order valence-corrected chi connectivity index (χ1v) is 4.83. The van der Waals surface area contributed by atoms with E-state index in [1.165, 1.54) is 10.9 Å². The standard InChI is InChI=1S/C11H15N3/c1-8(12)6-9-7-14(2)11-10(9)4-3-5-13-11/h3-5,7-8H,6,12H2,1-2H3/t8-/m0/s1. The second-order valence-corrected chi connectivity index (χ2v) is 3.82. The fourth-order valence-electron chi connectivity index (χ4n) is 1.80.